The highest BCUT2D eigenvalue weighted by Gasteiger charge is 2.06. The second kappa shape index (κ2) is 4.59. The Morgan fingerprint density at radius 2 is 2.40 bits per heavy atom. The molecule has 0 unspecified atom stereocenters. The summed E-state index contributed by atoms with van der Waals surface area (Å²) in [5.74, 6) is 0. The Bertz CT molecular complexity index is 417. The van der Waals surface area contributed by atoms with E-state index in [9.17, 15) is 0 Å². The van der Waals surface area contributed by atoms with E-state index in [1.54, 1.807) is 11.3 Å². The average Bonchev–Trinajstić information content (AvgIpc) is 2.83. The molecule has 2 aromatic heterocycles. The van der Waals surface area contributed by atoms with Crippen LogP contribution in [0.15, 0.2) is 23.6 Å². The Morgan fingerprint density at radius 1 is 1.53 bits per heavy atom. The van der Waals surface area contributed by atoms with Crippen molar-refractivity contribution < 1.29 is 0 Å². The molecule has 4 heteroatoms. The highest BCUT2D eigenvalue weighted by molar-refractivity contribution is 7.13. The fourth-order valence-electron chi connectivity index (χ4n) is 1.47. The molecule has 0 spiro atoms. The van der Waals surface area contributed by atoms with Crippen LogP contribution in [0.4, 0.5) is 0 Å². The molecule has 1 N–H and O–H groups in total. The van der Waals surface area contributed by atoms with Crippen molar-refractivity contribution in [2.24, 2.45) is 7.05 Å². The van der Waals surface area contributed by atoms with Crippen molar-refractivity contribution in [3.63, 3.8) is 0 Å². The quantitative estimate of drug-likeness (QED) is 0.858. The summed E-state index contributed by atoms with van der Waals surface area (Å²) in [4.78, 5) is 1.23. The first kappa shape index (κ1) is 10.4. The molecule has 15 heavy (non-hydrogen) atoms. The van der Waals surface area contributed by atoms with Crippen molar-refractivity contribution in [2.75, 3.05) is 6.54 Å². The number of nitrogens with one attached hydrogen (secondary N) is 1. The molecule has 0 aliphatic heterocycles. The minimum Gasteiger partial charge on any atom is -0.311 e. The number of aromatic nitrogens is 2. The average molecular weight is 221 g/mol. The van der Waals surface area contributed by atoms with Gasteiger partial charge in [0.15, 0.2) is 0 Å². The number of hydrogen-bond donors (Lipinski definition) is 1. The molecule has 0 radical (unpaired) electrons. The van der Waals surface area contributed by atoms with Gasteiger partial charge in [-0.3, -0.25) is 4.68 Å². The van der Waals surface area contributed by atoms with Crippen LogP contribution in [0.1, 0.15) is 12.6 Å². The van der Waals surface area contributed by atoms with E-state index in [-0.39, 0.29) is 0 Å². The zero-order valence-electron chi connectivity index (χ0n) is 9.03. The molecule has 0 aliphatic carbocycles. The monoisotopic (exact) mass is 221 g/mol. The van der Waals surface area contributed by atoms with E-state index in [1.165, 1.54) is 10.6 Å². The van der Waals surface area contributed by atoms with Crippen LogP contribution in [0.3, 0.4) is 0 Å². The van der Waals surface area contributed by atoms with Crippen LogP contribution in [-0.4, -0.2) is 16.3 Å². The molecule has 0 fully saturated rings. The van der Waals surface area contributed by atoms with Crippen molar-refractivity contribution >= 4 is 11.3 Å². The van der Waals surface area contributed by atoms with Gasteiger partial charge in [-0.05, 0) is 24.1 Å². The number of nitrogens with zero attached hydrogens (tertiary/aromatic N) is 2. The van der Waals surface area contributed by atoms with Crippen molar-refractivity contribution in [1.29, 1.82) is 0 Å². The SMILES string of the molecule is CCNCc1cc(-c2cccs2)nn1C. The maximum Gasteiger partial charge on any atom is 0.103 e. The van der Waals surface area contributed by atoms with Gasteiger partial charge in [-0.2, -0.15) is 5.10 Å². The van der Waals surface area contributed by atoms with Gasteiger partial charge >= 0.3 is 0 Å². The maximum absolute atomic E-state index is 4.49. The van der Waals surface area contributed by atoms with E-state index >= 15 is 0 Å². The smallest absolute Gasteiger partial charge is 0.103 e. The van der Waals surface area contributed by atoms with Crippen molar-refractivity contribution in [3.05, 3.63) is 29.3 Å². The van der Waals surface area contributed by atoms with E-state index in [2.05, 4.69) is 40.9 Å². The van der Waals surface area contributed by atoms with Gasteiger partial charge in [0.05, 0.1) is 10.6 Å². The lowest BCUT2D eigenvalue weighted by Gasteiger charge is -2.00. The summed E-state index contributed by atoms with van der Waals surface area (Å²) in [6.07, 6.45) is 0. The van der Waals surface area contributed by atoms with Crippen molar-refractivity contribution in [3.8, 4) is 10.6 Å². The molecular formula is C11H15N3S. The first-order chi connectivity index (χ1) is 7.31. The van der Waals surface area contributed by atoms with Gasteiger partial charge in [0.25, 0.3) is 0 Å². The Labute approximate surface area is 93.7 Å². The molecule has 0 atom stereocenters. The first-order valence-corrected chi connectivity index (χ1v) is 5.96. The lowest BCUT2D eigenvalue weighted by atomic mass is 10.3. The van der Waals surface area contributed by atoms with Crippen LogP contribution in [-0.2, 0) is 13.6 Å². The van der Waals surface area contributed by atoms with E-state index in [0.29, 0.717) is 0 Å². The molecule has 0 bridgehead atoms. The number of rotatable bonds is 4. The summed E-state index contributed by atoms with van der Waals surface area (Å²) in [5.41, 5.74) is 2.29. The third-order valence-corrected chi connectivity index (χ3v) is 3.20. The van der Waals surface area contributed by atoms with Crippen LogP contribution in [0.25, 0.3) is 10.6 Å². The van der Waals surface area contributed by atoms with Gasteiger partial charge in [0, 0.05) is 13.6 Å². The highest BCUT2D eigenvalue weighted by atomic mass is 32.1. The fraction of sp³-hybridized carbons (Fsp3) is 0.364. The predicted molar refractivity (Wildman–Crippen MR) is 63.9 cm³/mol. The number of thiophene rings is 1. The maximum atomic E-state index is 4.49. The van der Waals surface area contributed by atoms with E-state index < -0.39 is 0 Å². The molecule has 0 aromatic carbocycles. The molecule has 2 rings (SSSR count). The van der Waals surface area contributed by atoms with Crippen LogP contribution in [0, 0.1) is 0 Å². The van der Waals surface area contributed by atoms with E-state index in [4.69, 9.17) is 0 Å². The van der Waals surface area contributed by atoms with E-state index in [1.807, 2.05) is 11.7 Å². The van der Waals surface area contributed by atoms with E-state index in [0.717, 1.165) is 18.8 Å². The number of hydrogen-bond acceptors (Lipinski definition) is 3. The zero-order chi connectivity index (χ0) is 10.7. The Kier molecular flexibility index (Phi) is 3.18. The van der Waals surface area contributed by atoms with Gasteiger partial charge in [-0.15, -0.1) is 11.3 Å². The third kappa shape index (κ3) is 2.27. The normalized spacial score (nSPS) is 10.8. The summed E-state index contributed by atoms with van der Waals surface area (Å²) < 4.78 is 1.94. The van der Waals surface area contributed by atoms with Gasteiger partial charge in [-0.1, -0.05) is 13.0 Å². The lowest BCUT2D eigenvalue weighted by molar-refractivity contribution is 0.643. The third-order valence-electron chi connectivity index (χ3n) is 2.31. The summed E-state index contributed by atoms with van der Waals surface area (Å²) >= 11 is 1.73. The van der Waals surface area contributed by atoms with Crippen LogP contribution in [0.2, 0.25) is 0 Å². The summed E-state index contributed by atoms with van der Waals surface area (Å²) in [6, 6.07) is 6.30. The molecular weight excluding hydrogens is 206 g/mol. The number of aryl methyl sites for hydroxylation is 1. The Hall–Kier alpha value is -1.13. The molecule has 0 saturated heterocycles. The molecule has 0 amide bonds. The van der Waals surface area contributed by atoms with Gasteiger partial charge < -0.3 is 5.32 Å². The van der Waals surface area contributed by atoms with Gasteiger partial charge in [0.1, 0.15) is 5.69 Å². The first-order valence-electron chi connectivity index (χ1n) is 5.08. The van der Waals surface area contributed by atoms with Gasteiger partial charge in [-0.25, -0.2) is 0 Å². The molecule has 3 nitrogen and oxygen atoms in total. The largest absolute Gasteiger partial charge is 0.311 e. The van der Waals surface area contributed by atoms with Crippen LogP contribution in [0.5, 0.6) is 0 Å². The lowest BCUT2D eigenvalue weighted by Crippen LogP contribution is -2.14. The zero-order valence-corrected chi connectivity index (χ0v) is 9.84. The standard InChI is InChI=1S/C11H15N3S/c1-3-12-8-9-7-10(13-14(9)2)11-5-4-6-15-11/h4-7,12H,3,8H2,1-2H3. The highest BCUT2D eigenvalue weighted by Crippen LogP contribution is 2.23. The predicted octanol–water partition coefficient (Wildman–Crippen LogP) is 2.26. The van der Waals surface area contributed by atoms with Crippen LogP contribution < -0.4 is 5.32 Å². The topological polar surface area (TPSA) is 29.9 Å². The summed E-state index contributed by atoms with van der Waals surface area (Å²) in [7, 11) is 1.99. The Balaban J connectivity index is 2.21. The fourth-order valence-corrected chi connectivity index (χ4v) is 2.15. The second-order valence-electron chi connectivity index (χ2n) is 3.40. The molecule has 0 aliphatic rings. The molecule has 80 valence electrons. The minimum absolute atomic E-state index is 0.880. The summed E-state index contributed by atoms with van der Waals surface area (Å²) in [6.45, 7) is 3.97. The molecule has 0 saturated carbocycles. The minimum atomic E-state index is 0.880. The van der Waals surface area contributed by atoms with Gasteiger partial charge in [0.2, 0.25) is 0 Å². The molecule has 2 aromatic rings. The summed E-state index contributed by atoms with van der Waals surface area (Å²) in [5, 5.41) is 9.88. The molecule has 2 heterocycles. The van der Waals surface area contributed by atoms with Crippen molar-refractivity contribution in [1.82, 2.24) is 15.1 Å². The second-order valence-corrected chi connectivity index (χ2v) is 4.35. The Morgan fingerprint density at radius 3 is 3.07 bits per heavy atom. The van der Waals surface area contributed by atoms with Crippen LogP contribution >= 0.6 is 11.3 Å². The van der Waals surface area contributed by atoms with Crippen molar-refractivity contribution in [2.45, 2.75) is 13.5 Å².